The summed E-state index contributed by atoms with van der Waals surface area (Å²) in [6, 6.07) is 7.18. The number of aromatic nitrogens is 2. The average Bonchev–Trinajstić information content (AvgIpc) is 2.77. The van der Waals surface area contributed by atoms with E-state index in [-0.39, 0.29) is 17.3 Å². The number of amides is 1. The molecular weight excluding hydrogens is 491 g/mol. The largest absolute Gasteiger partial charge is 0.482 e. The van der Waals surface area contributed by atoms with Gasteiger partial charge in [0.05, 0.1) is 17.6 Å². The molecule has 0 saturated heterocycles. The molecule has 14 heteroatoms. The van der Waals surface area contributed by atoms with Gasteiger partial charge in [-0.15, -0.1) is 0 Å². The number of nitrogens with zero attached hydrogens (tertiary/aromatic N) is 2. The van der Waals surface area contributed by atoms with Crippen LogP contribution in [0.3, 0.4) is 0 Å². The molecule has 0 aliphatic rings. The van der Waals surface area contributed by atoms with Gasteiger partial charge in [-0.1, -0.05) is 0 Å². The Morgan fingerprint density at radius 1 is 0.971 bits per heavy atom. The summed E-state index contributed by atoms with van der Waals surface area (Å²) in [7, 11) is 0. The maximum Gasteiger partial charge on any atom is 0.422 e. The summed E-state index contributed by atoms with van der Waals surface area (Å²) in [6.07, 6.45) is -7.16. The summed E-state index contributed by atoms with van der Waals surface area (Å²) in [4.78, 5) is 29.1. The van der Waals surface area contributed by atoms with E-state index in [0.29, 0.717) is 6.07 Å². The van der Waals surface area contributed by atoms with Crippen LogP contribution in [-0.4, -0.2) is 41.0 Å². The molecule has 1 amide bonds. The lowest BCUT2D eigenvalue weighted by Crippen LogP contribution is -2.28. The minimum Gasteiger partial charge on any atom is -0.482 e. The van der Waals surface area contributed by atoms with Crippen molar-refractivity contribution in [3.8, 4) is 17.3 Å². The van der Waals surface area contributed by atoms with Gasteiger partial charge in [-0.05, 0) is 30.3 Å². The van der Waals surface area contributed by atoms with Crippen LogP contribution < -0.4 is 20.3 Å². The molecule has 0 fully saturated rings. The summed E-state index contributed by atoms with van der Waals surface area (Å²) in [5, 5.41) is 2.31. The summed E-state index contributed by atoms with van der Waals surface area (Å²) in [5.41, 5.74) is -1.65. The monoisotopic (exact) mass is 505 g/mol. The quantitative estimate of drug-likeness (QED) is 0.478. The second-order valence-corrected chi connectivity index (χ2v) is 6.86. The topological polar surface area (TPSA) is 82.4 Å². The van der Waals surface area contributed by atoms with Crippen LogP contribution in [0.15, 0.2) is 59.7 Å². The highest BCUT2D eigenvalue weighted by molar-refractivity contribution is 6.03. The number of anilines is 1. The molecular formula is C21H14F7N3O4. The molecule has 35 heavy (non-hydrogen) atoms. The van der Waals surface area contributed by atoms with Crippen LogP contribution >= 0.6 is 0 Å². The molecule has 0 spiro atoms. The van der Waals surface area contributed by atoms with Gasteiger partial charge in [-0.2, -0.15) is 26.3 Å². The summed E-state index contributed by atoms with van der Waals surface area (Å²) < 4.78 is 97.7. The van der Waals surface area contributed by atoms with Crippen LogP contribution in [0.5, 0.6) is 11.6 Å². The minimum atomic E-state index is -4.72. The van der Waals surface area contributed by atoms with Gasteiger partial charge in [0, 0.05) is 18.3 Å². The zero-order valence-corrected chi connectivity index (χ0v) is 17.3. The minimum absolute atomic E-state index is 0.0140. The number of alkyl halides is 6. The number of hydrogen-bond donors (Lipinski definition) is 1. The van der Waals surface area contributed by atoms with E-state index < -0.39 is 54.2 Å². The number of hydrogen-bond acceptors (Lipinski definition) is 5. The van der Waals surface area contributed by atoms with Crippen molar-refractivity contribution >= 4 is 11.6 Å². The smallest absolute Gasteiger partial charge is 0.422 e. The molecule has 0 aliphatic carbocycles. The fraction of sp³-hybridized carbons (Fsp3) is 0.190. The van der Waals surface area contributed by atoms with E-state index in [0.717, 1.165) is 41.2 Å². The molecule has 0 unspecified atom stereocenters. The van der Waals surface area contributed by atoms with Crippen molar-refractivity contribution in [1.82, 2.24) is 9.55 Å². The third-order valence-electron chi connectivity index (χ3n) is 4.14. The second-order valence-electron chi connectivity index (χ2n) is 6.86. The van der Waals surface area contributed by atoms with Gasteiger partial charge < -0.3 is 14.8 Å². The fourth-order valence-electron chi connectivity index (χ4n) is 2.71. The van der Waals surface area contributed by atoms with Gasteiger partial charge in [0.25, 0.3) is 11.5 Å². The van der Waals surface area contributed by atoms with Gasteiger partial charge in [-0.25, -0.2) is 9.37 Å². The SMILES string of the molecule is O=C(Nc1ccc(OCC(F)(F)F)nc1)c1cccn(-c2ccc(F)cc2OCC(F)(F)F)c1=O. The lowest BCUT2D eigenvalue weighted by atomic mass is 10.2. The number of ether oxygens (including phenoxy) is 2. The standard InChI is InChI=1S/C21H14F7N3O4/c22-12-3-5-15(16(8-12)34-10-20(23,24)25)31-7-1-2-14(19(31)33)18(32)30-13-4-6-17(29-9-13)35-11-21(26,27)28/h1-9H,10-11H2,(H,30,32). The number of rotatable bonds is 7. The fourth-order valence-corrected chi connectivity index (χ4v) is 2.71. The van der Waals surface area contributed by atoms with Crippen molar-refractivity contribution in [2.75, 3.05) is 18.5 Å². The first kappa shape index (κ1) is 25.5. The van der Waals surface area contributed by atoms with Gasteiger partial charge >= 0.3 is 12.4 Å². The highest BCUT2D eigenvalue weighted by Crippen LogP contribution is 2.26. The maximum absolute atomic E-state index is 13.6. The van der Waals surface area contributed by atoms with E-state index in [1.165, 1.54) is 12.1 Å². The van der Waals surface area contributed by atoms with Crippen molar-refractivity contribution in [3.63, 3.8) is 0 Å². The maximum atomic E-state index is 13.6. The number of benzene rings is 1. The third-order valence-corrected chi connectivity index (χ3v) is 4.14. The van der Waals surface area contributed by atoms with Gasteiger partial charge in [0.2, 0.25) is 5.88 Å². The molecule has 3 aromatic rings. The van der Waals surface area contributed by atoms with Gasteiger partial charge in [0.15, 0.2) is 13.2 Å². The van der Waals surface area contributed by atoms with Crippen molar-refractivity contribution in [2.45, 2.75) is 12.4 Å². The number of halogens is 7. The summed E-state index contributed by atoms with van der Waals surface area (Å²) in [5.74, 6) is -2.80. The molecule has 1 N–H and O–H groups in total. The predicted octanol–water partition coefficient (Wildman–Crippen LogP) is 4.51. The van der Waals surface area contributed by atoms with E-state index >= 15 is 0 Å². The van der Waals surface area contributed by atoms with Crippen molar-refractivity contribution in [1.29, 1.82) is 0 Å². The Morgan fingerprint density at radius 3 is 2.29 bits per heavy atom. The van der Waals surface area contributed by atoms with Crippen LogP contribution in [0, 0.1) is 5.82 Å². The van der Waals surface area contributed by atoms with E-state index in [1.54, 1.807) is 0 Å². The molecule has 0 radical (unpaired) electrons. The predicted molar refractivity (Wildman–Crippen MR) is 107 cm³/mol. The lowest BCUT2D eigenvalue weighted by molar-refractivity contribution is -0.154. The Labute approximate surface area is 191 Å². The molecule has 0 bridgehead atoms. The Hall–Kier alpha value is -4.10. The zero-order valence-electron chi connectivity index (χ0n) is 17.3. The summed E-state index contributed by atoms with van der Waals surface area (Å²) in [6.45, 7) is -3.30. The van der Waals surface area contributed by atoms with Crippen molar-refractivity contribution < 1.29 is 45.0 Å². The Bertz CT molecular complexity index is 1260. The molecule has 1 aromatic carbocycles. The molecule has 0 saturated carbocycles. The van der Waals surface area contributed by atoms with Gasteiger partial charge in [0.1, 0.15) is 17.1 Å². The van der Waals surface area contributed by atoms with E-state index in [9.17, 15) is 40.3 Å². The van der Waals surface area contributed by atoms with Gasteiger partial charge in [-0.3, -0.25) is 14.2 Å². The highest BCUT2D eigenvalue weighted by atomic mass is 19.4. The average molecular weight is 505 g/mol. The molecule has 0 atom stereocenters. The molecule has 3 rings (SSSR count). The molecule has 2 aromatic heterocycles. The molecule has 2 heterocycles. The highest BCUT2D eigenvalue weighted by Gasteiger charge is 2.30. The second kappa shape index (κ2) is 10.0. The molecule has 186 valence electrons. The van der Waals surface area contributed by atoms with Crippen molar-refractivity contribution in [2.24, 2.45) is 0 Å². The number of carbonyl (C=O) groups excluding carboxylic acids is 1. The Balaban J connectivity index is 1.82. The van der Waals surface area contributed by atoms with E-state index in [1.807, 2.05) is 0 Å². The van der Waals surface area contributed by atoms with Crippen LogP contribution in [0.25, 0.3) is 5.69 Å². The molecule has 7 nitrogen and oxygen atoms in total. The van der Waals surface area contributed by atoms with Crippen LogP contribution in [-0.2, 0) is 0 Å². The van der Waals surface area contributed by atoms with Crippen LogP contribution in [0.4, 0.5) is 36.4 Å². The first-order valence-corrected chi connectivity index (χ1v) is 9.50. The number of carbonyl (C=O) groups is 1. The normalized spacial score (nSPS) is 11.7. The molecule has 0 aliphatic heterocycles. The first-order valence-electron chi connectivity index (χ1n) is 9.50. The zero-order chi connectivity index (χ0) is 25.8. The van der Waals surface area contributed by atoms with E-state index in [4.69, 9.17) is 0 Å². The Morgan fingerprint density at radius 2 is 1.66 bits per heavy atom. The van der Waals surface area contributed by atoms with E-state index in [2.05, 4.69) is 19.8 Å². The first-order chi connectivity index (χ1) is 16.3. The summed E-state index contributed by atoms with van der Waals surface area (Å²) >= 11 is 0. The lowest BCUT2D eigenvalue weighted by Gasteiger charge is -2.15. The van der Waals surface area contributed by atoms with Crippen molar-refractivity contribution in [3.05, 3.63) is 76.6 Å². The van der Waals surface area contributed by atoms with Crippen LogP contribution in [0.1, 0.15) is 10.4 Å². The van der Waals surface area contributed by atoms with Crippen LogP contribution in [0.2, 0.25) is 0 Å². The number of nitrogens with one attached hydrogen (secondary N) is 1. The number of pyridine rings is 2. The Kier molecular flexibility index (Phi) is 7.31. The third kappa shape index (κ3) is 7.19.